The minimum absolute atomic E-state index is 0.0278. The smallest absolute Gasteiger partial charge is 0.201 e. The van der Waals surface area contributed by atoms with E-state index in [0.717, 1.165) is 25.8 Å². The Hall–Kier alpha value is -1.66. The molecule has 5 heterocycles. The fourth-order valence-electron chi connectivity index (χ4n) is 6.85. The van der Waals surface area contributed by atoms with E-state index < -0.39 is 17.7 Å². The van der Waals surface area contributed by atoms with E-state index in [2.05, 4.69) is 67.1 Å². The van der Waals surface area contributed by atoms with Crippen molar-refractivity contribution in [3.05, 3.63) is 59.9 Å². The molecule has 8 atom stereocenters. The van der Waals surface area contributed by atoms with Gasteiger partial charge in [-0.2, -0.15) is 0 Å². The van der Waals surface area contributed by atoms with Gasteiger partial charge in [0.15, 0.2) is 11.9 Å². The van der Waals surface area contributed by atoms with Crippen molar-refractivity contribution >= 4 is 0 Å². The molecular weight excluding hydrogens is 390 g/mol. The van der Waals surface area contributed by atoms with Crippen LogP contribution < -0.4 is 0 Å². The molecule has 1 aromatic carbocycles. The maximum atomic E-state index is 6.83. The monoisotopic (exact) mass is 423 g/mol. The molecule has 1 aliphatic carbocycles. The first-order valence-corrected chi connectivity index (χ1v) is 11.9. The van der Waals surface area contributed by atoms with Gasteiger partial charge in [0, 0.05) is 30.8 Å². The van der Waals surface area contributed by atoms with E-state index in [1.807, 2.05) is 6.92 Å². The van der Waals surface area contributed by atoms with Gasteiger partial charge in [-0.1, -0.05) is 44.2 Å². The lowest BCUT2D eigenvalue weighted by Crippen LogP contribution is -2.69. The van der Waals surface area contributed by atoms with Crippen molar-refractivity contribution in [1.82, 2.24) is 4.57 Å². The van der Waals surface area contributed by atoms with Crippen LogP contribution in [-0.4, -0.2) is 22.2 Å². The summed E-state index contributed by atoms with van der Waals surface area (Å²) in [4.78, 5) is 12.2. The molecular formula is C26H33NO4. The first-order chi connectivity index (χ1) is 15.0. The summed E-state index contributed by atoms with van der Waals surface area (Å²) >= 11 is 0. The molecule has 5 nitrogen and oxygen atoms in total. The van der Waals surface area contributed by atoms with E-state index in [4.69, 9.17) is 19.2 Å². The average Bonchev–Trinajstić information content (AvgIpc) is 3.09. The summed E-state index contributed by atoms with van der Waals surface area (Å²) in [7, 11) is 0. The van der Waals surface area contributed by atoms with Crippen LogP contribution in [0.4, 0.5) is 0 Å². The molecule has 5 fully saturated rings. The predicted octanol–water partition coefficient (Wildman–Crippen LogP) is 5.46. The Balaban J connectivity index is 1.37. The minimum atomic E-state index is -0.727. The van der Waals surface area contributed by atoms with Crippen molar-refractivity contribution in [1.29, 1.82) is 0 Å². The third kappa shape index (κ3) is 2.97. The molecule has 1 spiro atoms. The zero-order valence-electron chi connectivity index (χ0n) is 18.7. The lowest BCUT2D eigenvalue weighted by Gasteiger charge is -2.60. The molecule has 0 amide bonds. The quantitative estimate of drug-likeness (QED) is 0.615. The fourth-order valence-corrected chi connectivity index (χ4v) is 6.85. The lowest BCUT2D eigenvalue weighted by atomic mass is 9.57. The number of nitrogens with zero attached hydrogens (tertiary/aromatic N) is 1. The molecule has 2 aromatic rings. The molecule has 1 saturated carbocycles. The Morgan fingerprint density at radius 1 is 0.968 bits per heavy atom. The van der Waals surface area contributed by atoms with Crippen LogP contribution >= 0.6 is 0 Å². The highest BCUT2D eigenvalue weighted by atomic mass is 17.3. The summed E-state index contributed by atoms with van der Waals surface area (Å²) in [6.45, 7) is 7.52. The summed E-state index contributed by atoms with van der Waals surface area (Å²) in [5.74, 6) is 0.917. The predicted molar refractivity (Wildman–Crippen MR) is 116 cm³/mol. The molecule has 0 radical (unpaired) electrons. The first-order valence-electron chi connectivity index (χ1n) is 11.9. The largest absolute Gasteiger partial charge is 0.345 e. The Kier molecular flexibility index (Phi) is 4.62. The highest BCUT2D eigenvalue weighted by Crippen LogP contribution is 2.62. The van der Waals surface area contributed by atoms with Crippen LogP contribution in [0.15, 0.2) is 48.7 Å². The maximum Gasteiger partial charge on any atom is 0.201 e. The van der Waals surface area contributed by atoms with Crippen LogP contribution in [-0.2, 0) is 25.8 Å². The Bertz CT molecular complexity index is 944. The minimum Gasteiger partial charge on any atom is -0.345 e. The number of benzene rings is 1. The number of hydrogen-bond acceptors (Lipinski definition) is 4. The zero-order valence-corrected chi connectivity index (χ0v) is 18.7. The summed E-state index contributed by atoms with van der Waals surface area (Å²) < 4.78 is 15.7. The van der Waals surface area contributed by atoms with E-state index in [1.165, 1.54) is 17.7 Å². The molecule has 31 heavy (non-hydrogen) atoms. The number of hydrogen-bond donors (Lipinski definition) is 0. The van der Waals surface area contributed by atoms with E-state index in [0.29, 0.717) is 23.7 Å². The van der Waals surface area contributed by atoms with Gasteiger partial charge in [0.05, 0.1) is 0 Å². The molecule has 5 aliphatic rings. The van der Waals surface area contributed by atoms with Crippen molar-refractivity contribution in [2.75, 3.05) is 0 Å². The second-order valence-corrected chi connectivity index (χ2v) is 10.4. The van der Waals surface area contributed by atoms with Crippen LogP contribution in [0.5, 0.6) is 0 Å². The van der Waals surface area contributed by atoms with E-state index >= 15 is 0 Å². The molecule has 0 N–H and O–H groups in total. The van der Waals surface area contributed by atoms with Crippen molar-refractivity contribution in [2.45, 2.75) is 76.8 Å². The van der Waals surface area contributed by atoms with Gasteiger partial charge in [-0.15, -0.1) is 0 Å². The molecule has 0 unspecified atom stereocenters. The highest BCUT2D eigenvalue weighted by molar-refractivity contribution is 5.21. The van der Waals surface area contributed by atoms with Gasteiger partial charge in [-0.05, 0) is 61.6 Å². The first kappa shape index (κ1) is 20.0. The average molecular weight is 424 g/mol. The third-order valence-corrected chi connectivity index (χ3v) is 8.51. The van der Waals surface area contributed by atoms with Crippen LogP contribution in [0.2, 0.25) is 0 Å². The van der Waals surface area contributed by atoms with Gasteiger partial charge < -0.3 is 14.0 Å². The van der Waals surface area contributed by atoms with Crippen LogP contribution in [0.3, 0.4) is 0 Å². The van der Waals surface area contributed by atoms with Crippen LogP contribution in [0.1, 0.15) is 63.8 Å². The van der Waals surface area contributed by atoms with Crippen LogP contribution in [0, 0.1) is 23.7 Å². The Morgan fingerprint density at radius 3 is 2.65 bits per heavy atom. The van der Waals surface area contributed by atoms with Gasteiger partial charge in [-0.3, -0.25) is 0 Å². The van der Waals surface area contributed by atoms with E-state index in [-0.39, 0.29) is 6.10 Å². The molecule has 2 bridgehead atoms. The summed E-state index contributed by atoms with van der Waals surface area (Å²) in [5, 5.41) is 0. The van der Waals surface area contributed by atoms with Gasteiger partial charge >= 0.3 is 0 Å². The molecule has 1 aromatic heterocycles. The molecule has 4 saturated heterocycles. The summed E-state index contributed by atoms with van der Waals surface area (Å²) in [5.41, 5.74) is 2.01. The summed E-state index contributed by atoms with van der Waals surface area (Å²) in [6.07, 6.45) is 6.00. The number of ether oxygens (including phenoxy) is 2. The van der Waals surface area contributed by atoms with Gasteiger partial charge in [-0.25, -0.2) is 9.78 Å². The lowest BCUT2D eigenvalue weighted by molar-refractivity contribution is -0.571. The van der Waals surface area contributed by atoms with Crippen LogP contribution in [0.25, 0.3) is 0 Å². The van der Waals surface area contributed by atoms with E-state index in [1.54, 1.807) is 0 Å². The maximum absolute atomic E-state index is 6.83. The molecule has 4 aliphatic heterocycles. The van der Waals surface area contributed by atoms with E-state index in [9.17, 15) is 0 Å². The van der Waals surface area contributed by atoms with Crippen molar-refractivity contribution < 1.29 is 19.2 Å². The number of fused-ring (bicyclic) bond motifs is 2. The molecule has 7 rings (SSSR count). The Morgan fingerprint density at radius 2 is 1.81 bits per heavy atom. The van der Waals surface area contributed by atoms with Gasteiger partial charge in [0.2, 0.25) is 5.79 Å². The SMILES string of the molecule is C[C@H]1[C@H](c2cccn2Cc2ccccc2)O[C@@H]2O[C@]3(C)CC[C@H]4[C@H](C)CC[C@@H]1[C@@]24OO3. The second-order valence-electron chi connectivity index (χ2n) is 10.4. The van der Waals surface area contributed by atoms with Crippen molar-refractivity contribution in [3.8, 4) is 0 Å². The second kappa shape index (κ2) is 7.17. The Labute approximate surface area is 184 Å². The zero-order chi connectivity index (χ0) is 21.2. The topological polar surface area (TPSA) is 41.9 Å². The number of rotatable bonds is 3. The number of aromatic nitrogens is 1. The van der Waals surface area contributed by atoms with Crippen molar-refractivity contribution in [3.63, 3.8) is 0 Å². The van der Waals surface area contributed by atoms with Crippen molar-refractivity contribution in [2.24, 2.45) is 23.7 Å². The molecule has 5 heteroatoms. The summed E-state index contributed by atoms with van der Waals surface area (Å²) in [6, 6.07) is 14.9. The fraction of sp³-hybridized carbons (Fsp3) is 0.615. The third-order valence-electron chi connectivity index (χ3n) is 8.51. The standard InChI is InChI=1S/C26H33NO4/c1-17-11-12-21-18(2)23(22-10-7-15-27(22)16-19-8-5-4-6-9-19)28-24-26(21)20(17)13-14-25(3,29-24)30-31-26/h4-10,15,17-18,20-21,23-24H,11-14,16H2,1-3H3/t17-,18-,20+,21+,23-,24-,25+,26-/m1/s1. The highest BCUT2D eigenvalue weighted by Gasteiger charge is 2.69. The van der Waals surface area contributed by atoms with Gasteiger partial charge in [0.25, 0.3) is 0 Å². The molecule has 166 valence electrons. The normalized spacial score (nSPS) is 44.0. The van der Waals surface area contributed by atoms with Gasteiger partial charge in [0.1, 0.15) is 6.10 Å².